The summed E-state index contributed by atoms with van der Waals surface area (Å²) in [6, 6.07) is 1.91. The Morgan fingerprint density at radius 3 is 3.04 bits per heavy atom. The lowest BCUT2D eigenvalue weighted by Gasteiger charge is -2.35. The molecule has 1 fully saturated rings. The van der Waals surface area contributed by atoms with Gasteiger partial charge in [0.1, 0.15) is 5.76 Å². The number of imidazole rings is 1. The molecule has 23 heavy (non-hydrogen) atoms. The molecular formula is C16H17N5O2. The van der Waals surface area contributed by atoms with E-state index in [0.717, 1.165) is 25.0 Å². The lowest BCUT2D eigenvalue weighted by molar-refractivity contribution is 0.0599. The molecule has 3 aromatic heterocycles. The van der Waals surface area contributed by atoms with Gasteiger partial charge in [-0.25, -0.2) is 15.0 Å². The highest BCUT2D eigenvalue weighted by molar-refractivity contribution is 5.93. The van der Waals surface area contributed by atoms with Gasteiger partial charge in [0, 0.05) is 25.1 Å². The van der Waals surface area contributed by atoms with E-state index < -0.39 is 0 Å². The second-order valence-electron chi connectivity index (χ2n) is 5.75. The topological polar surface area (TPSA) is 76.5 Å². The van der Waals surface area contributed by atoms with Crippen LogP contribution in [0.3, 0.4) is 0 Å². The first kappa shape index (κ1) is 13.9. The summed E-state index contributed by atoms with van der Waals surface area (Å²) in [6.45, 7) is 2.46. The maximum absolute atomic E-state index is 12.8. The average molecular weight is 311 g/mol. The van der Waals surface area contributed by atoms with Crippen LogP contribution in [0.15, 0.2) is 35.5 Å². The standard InChI is InChI=1S/C16H17N5O2/c1-11-14(18-10-23-11)15(22)21-7-3-2-4-13(21)12-5-8-20-9-6-17-16(20)19-12/h5-6,8-10,13H,2-4,7H2,1H3. The number of carbonyl (C=O) groups is 1. The molecule has 3 aromatic rings. The third-order valence-electron chi connectivity index (χ3n) is 4.34. The van der Waals surface area contributed by atoms with E-state index >= 15 is 0 Å². The van der Waals surface area contributed by atoms with Crippen LogP contribution in [0, 0.1) is 6.92 Å². The first-order chi connectivity index (χ1) is 11.2. The molecule has 1 amide bonds. The van der Waals surface area contributed by atoms with Crippen molar-refractivity contribution >= 4 is 11.7 Å². The maximum Gasteiger partial charge on any atom is 0.276 e. The molecule has 1 aliphatic rings. The Kier molecular flexibility index (Phi) is 3.33. The van der Waals surface area contributed by atoms with E-state index in [-0.39, 0.29) is 11.9 Å². The van der Waals surface area contributed by atoms with Crippen molar-refractivity contribution in [3.05, 3.63) is 48.2 Å². The number of rotatable bonds is 2. The van der Waals surface area contributed by atoms with Crippen LogP contribution in [0.1, 0.15) is 47.2 Å². The molecule has 0 N–H and O–H groups in total. The average Bonchev–Trinajstić information content (AvgIpc) is 3.22. The summed E-state index contributed by atoms with van der Waals surface area (Å²) >= 11 is 0. The van der Waals surface area contributed by atoms with Crippen molar-refractivity contribution in [3.63, 3.8) is 0 Å². The van der Waals surface area contributed by atoms with E-state index in [1.54, 1.807) is 13.1 Å². The molecule has 7 heteroatoms. The Balaban J connectivity index is 1.70. The third-order valence-corrected chi connectivity index (χ3v) is 4.34. The fraction of sp³-hybridized carbons (Fsp3) is 0.375. The van der Waals surface area contributed by atoms with E-state index in [4.69, 9.17) is 4.42 Å². The third kappa shape index (κ3) is 2.38. The van der Waals surface area contributed by atoms with Gasteiger partial charge in [-0.05, 0) is 32.3 Å². The van der Waals surface area contributed by atoms with Crippen molar-refractivity contribution in [2.75, 3.05) is 6.54 Å². The number of fused-ring (bicyclic) bond motifs is 1. The number of likely N-dealkylation sites (tertiary alicyclic amines) is 1. The van der Waals surface area contributed by atoms with E-state index in [1.807, 2.05) is 27.8 Å². The monoisotopic (exact) mass is 311 g/mol. The zero-order valence-corrected chi connectivity index (χ0v) is 12.8. The molecule has 0 bridgehead atoms. The van der Waals surface area contributed by atoms with Crippen molar-refractivity contribution in [2.24, 2.45) is 0 Å². The maximum atomic E-state index is 12.8. The number of piperidine rings is 1. The molecule has 0 aliphatic carbocycles. The Morgan fingerprint density at radius 1 is 1.30 bits per heavy atom. The number of nitrogens with zero attached hydrogens (tertiary/aromatic N) is 5. The van der Waals surface area contributed by atoms with Gasteiger partial charge in [0.05, 0.1) is 11.7 Å². The molecule has 0 saturated carbocycles. The van der Waals surface area contributed by atoms with Gasteiger partial charge in [-0.1, -0.05) is 0 Å². The van der Waals surface area contributed by atoms with Crippen LogP contribution in [-0.2, 0) is 0 Å². The molecule has 1 unspecified atom stereocenters. The number of amides is 1. The van der Waals surface area contributed by atoms with Crippen molar-refractivity contribution in [1.82, 2.24) is 24.3 Å². The van der Waals surface area contributed by atoms with Crippen LogP contribution >= 0.6 is 0 Å². The predicted octanol–water partition coefficient (Wildman–Crippen LogP) is 2.39. The van der Waals surface area contributed by atoms with Gasteiger partial charge in [-0.15, -0.1) is 0 Å². The van der Waals surface area contributed by atoms with Gasteiger partial charge in [-0.2, -0.15) is 0 Å². The minimum Gasteiger partial charge on any atom is -0.448 e. The van der Waals surface area contributed by atoms with Gasteiger partial charge in [0.15, 0.2) is 12.1 Å². The fourth-order valence-electron chi connectivity index (χ4n) is 3.13. The van der Waals surface area contributed by atoms with Gasteiger partial charge in [0.25, 0.3) is 5.91 Å². The van der Waals surface area contributed by atoms with E-state index in [2.05, 4.69) is 15.0 Å². The van der Waals surface area contributed by atoms with Crippen molar-refractivity contribution < 1.29 is 9.21 Å². The first-order valence-corrected chi connectivity index (χ1v) is 7.75. The summed E-state index contributed by atoms with van der Waals surface area (Å²) in [6.07, 6.45) is 9.79. The zero-order valence-electron chi connectivity index (χ0n) is 12.8. The fourth-order valence-corrected chi connectivity index (χ4v) is 3.13. The van der Waals surface area contributed by atoms with Gasteiger partial charge >= 0.3 is 0 Å². The Hall–Kier alpha value is -2.70. The van der Waals surface area contributed by atoms with Gasteiger partial charge in [0.2, 0.25) is 5.78 Å². The van der Waals surface area contributed by atoms with Crippen LogP contribution in [0.4, 0.5) is 0 Å². The van der Waals surface area contributed by atoms with E-state index in [1.165, 1.54) is 6.39 Å². The number of carbonyl (C=O) groups excluding carboxylic acids is 1. The number of hydrogen-bond donors (Lipinski definition) is 0. The normalized spacial score (nSPS) is 18.5. The lowest BCUT2D eigenvalue weighted by Crippen LogP contribution is -2.39. The van der Waals surface area contributed by atoms with E-state index in [9.17, 15) is 4.79 Å². The Bertz CT molecular complexity index is 853. The van der Waals surface area contributed by atoms with Crippen molar-refractivity contribution in [3.8, 4) is 0 Å². The highest BCUT2D eigenvalue weighted by Gasteiger charge is 2.31. The molecule has 7 nitrogen and oxygen atoms in total. The van der Waals surface area contributed by atoms with E-state index in [0.29, 0.717) is 23.8 Å². The Labute approximate surface area is 133 Å². The highest BCUT2D eigenvalue weighted by atomic mass is 16.3. The molecule has 4 heterocycles. The minimum atomic E-state index is -0.0917. The molecule has 0 spiro atoms. The second kappa shape index (κ2) is 5.49. The summed E-state index contributed by atoms with van der Waals surface area (Å²) in [5.74, 6) is 1.11. The molecule has 118 valence electrons. The largest absolute Gasteiger partial charge is 0.448 e. The number of hydrogen-bond acceptors (Lipinski definition) is 5. The van der Waals surface area contributed by atoms with Crippen LogP contribution in [-0.4, -0.2) is 36.7 Å². The molecule has 0 radical (unpaired) electrons. The number of aromatic nitrogens is 4. The minimum absolute atomic E-state index is 0.0472. The molecule has 4 rings (SSSR count). The smallest absolute Gasteiger partial charge is 0.276 e. The van der Waals surface area contributed by atoms with Crippen LogP contribution in [0.25, 0.3) is 5.78 Å². The molecule has 0 aromatic carbocycles. The number of oxazole rings is 1. The summed E-state index contributed by atoms with van der Waals surface area (Å²) in [5, 5.41) is 0. The summed E-state index contributed by atoms with van der Waals surface area (Å²) < 4.78 is 7.04. The SMILES string of the molecule is Cc1ocnc1C(=O)N1CCCCC1c1ccn2ccnc2n1. The predicted molar refractivity (Wildman–Crippen MR) is 81.9 cm³/mol. The zero-order chi connectivity index (χ0) is 15.8. The van der Waals surface area contributed by atoms with Crippen LogP contribution < -0.4 is 0 Å². The number of aryl methyl sites for hydroxylation is 1. The van der Waals surface area contributed by atoms with Crippen LogP contribution in [0.2, 0.25) is 0 Å². The molecular weight excluding hydrogens is 294 g/mol. The summed E-state index contributed by atoms with van der Waals surface area (Å²) in [5.41, 5.74) is 1.26. The quantitative estimate of drug-likeness (QED) is 0.726. The van der Waals surface area contributed by atoms with Gasteiger partial charge in [-0.3, -0.25) is 9.20 Å². The second-order valence-corrected chi connectivity index (χ2v) is 5.75. The van der Waals surface area contributed by atoms with Crippen molar-refractivity contribution in [1.29, 1.82) is 0 Å². The lowest BCUT2D eigenvalue weighted by atomic mass is 9.98. The van der Waals surface area contributed by atoms with Crippen molar-refractivity contribution in [2.45, 2.75) is 32.2 Å². The molecule has 1 atom stereocenters. The van der Waals surface area contributed by atoms with Crippen LogP contribution in [0.5, 0.6) is 0 Å². The molecule has 1 saturated heterocycles. The van der Waals surface area contributed by atoms with Gasteiger partial charge < -0.3 is 9.32 Å². The first-order valence-electron chi connectivity index (χ1n) is 7.75. The Morgan fingerprint density at radius 2 is 2.22 bits per heavy atom. The summed E-state index contributed by atoms with van der Waals surface area (Å²) in [7, 11) is 0. The summed E-state index contributed by atoms with van der Waals surface area (Å²) in [4.78, 5) is 27.6. The highest BCUT2D eigenvalue weighted by Crippen LogP contribution is 2.31. The molecule has 1 aliphatic heterocycles.